The number of rotatable bonds is 6. The summed E-state index contributed by atoms with van der Waals surface area (Å²) >= 11 is 3.55. The summed E-state index contributed by atoms with van der Waals surface area (Å²) in [5, 5.41) is 9.90. The Hall–Kier alpha value is -1.40. The highest BCUT2D eigenvalue weighted by atomic mass is 32.1. The van der Waals surface area contributed by atoms with E-state index >= 15 is 0 Å². The lowest BCUT2D eigenvalue weighted by Crippen LogP contribution is -2.36. The minimum Gasteiger partial charge on any atom is -0.352 e. The maximum Gasteiger partial charge on any atom is 0.191 e. The number of hydrogen-bond acceptors (Lipinski definition) is 4. The molecule has 0 aliphatic carbocycles. The van der Waals surface area contributed by atoms with Crippen molar-refractivity contribution in [2.75, 3.05) is 7.05 Å². The molecule has 0 saturated carbocycles. The maximum atomic E-state index is 4.62. The second kappa shape index (κ2) is 8.29. The van der Waals surface area contributed by atoms with E-state index in [1.54, 1.807) is 18.4 Å². The van der Waals surface area contributed by atoms with Crippen molar-refractivity contribution in [1.82, 2.24) is 15.6 Å². The highest BCUT2D eigenvalue weighted by Crippen LogP contribution is 2.18. The monoisotopic (exact) mass is 336 g/mol. The number of thiophene rings is 1. The number of nitrogens with one attached hydrogen (secondary N) is 2. The fourth-order valence-electron chi connectivity index (χ4n) is 1.93. The summed E-state index contributed by atoms with van der Waals surface area (Å²) in [7, 11) is 1.79. The Labute approximate surface area is 140 Å². The molecule has 0 spiro atoms. The number of hydrogen-bond donors (Lipinski definition) is 2. The number of aliphatic imine (C=N–C) groups is 1. The summed E-state index contributed by atoms with van der Waals surface area (Å²) in [5.74, 6) is 1.29. The number of aromatic nitrogens is 1. The molecule has 2 aromatic rings. The smallest absolute Gasteiger partial charge is 0.191 e. The zero-order valence-corrected chi connectivity index (χ0v) is 15.3. The molecule has 0 aliphatic rings. The quantitative estimate of drug-likeness (QED) is 0.624. The first-order valence-electron chi connectivity index (χ1n) is 7.58. The van der Waals surface area contributed by atoms with Gasteiger partial charge >= 0.3 is 0 Å². The normalized spacial score (nSPS) is 12.0. The van der Waals surface area contributed by atoms with Crippen LogP contribution in [-0.4, -0.2) is 18.0 Å². The standard InChI is InChI=1S/C16H24N4S2/c1-5-12-6-7-13(22-12)8-18-16(17-4)19-9-15-20-14(10-21-15)11(2)3/h6-7,10-11H,5,8-9H2,1-4H3,(H2,17,18,19). The van der Waals surface area contributed by atoms with Gasteiger partial charge in [-0.2, -0.15) is 0 Å². The Bertz CT molecular complexity index is 613. The van der Waals surface area contributed by atoms with Crippen LogP contribution in [0.25, 0.3) is 0 Å². The lowest BCUT2D eigenvalue weighted by atomic mass is 10.2. The van der Waals surface area contributed by atoms with Gasteiger partial charge in [0.05, 0.1) is 18.8 Å². The van der Waals surface area contributed by atoms with Crippen LogP contribution < -0.4 is 10.6 Å². The summed E-state index contributed by atoms with van der Waals surface area (Å²) in [4.78, 5) is 11.6. The van der Waals surface area contributed by atoms with Gasteiger partial charge in [0.25, 0.3) is 0 Å². The van der Waals surface area contributed by atoms with E-state index < -0.39 is 0 Å². The third-order valence-electron chi connectivity index (χ3n) is 3.29. The fraction of sp³-hybridized carbons (Fsp3) is 0.500. The van der Waals surface area contributed by atoms with Gasteiger partial charge in [0, 0.05) is 22.2 Å². The Kier molecular flexibility index (Phi) is 6.39. The first-order valence-corrected chi connectivity index (χ1v) is 9.28. The molecule has 0 aromatic carbocycles. The van der Waals surface area contributed by atoms with E-state index in [9.17, 15) is 0 Å². The van der Waals surface area contributed by atoms with Gasteiger partial charge in [-0.15, -0.1) is 22.7 Å². The molecule has 6 heteroatoms. The summed E-state index contributed by atoms with van der Waals surface area (Å²) in [6, 6.07) is 4.38. The summed E-state index contributed by atoms with van der Waals surface area (Å²) in [6.07, 6.45) is 1.10. The lowest BCUT2D eigenvalue weighted by Gasteiger charge is -2.10. The molecule has 4 nitrogen and oxygen atoms in total. The SMILES string of the molecule is CCc1ccc(CNC(=NC)NCc2nc(C(C)C)cs2)s1. The largest absolute Gasteiger partial charge is 0.352 e. The van der Waals surface area contributed by atoms with Crippen molar-refractivity contribution >= 4 is 28.6 Å². The van der Waals surface area contributed by atoms with Gasteiger partial charge in [-0.25, -0.2) is 4.98 Å². The van der Waals surface area contributed by atoms with Crippen LogP contribution in [0.3, 0.4) is 0 Å². The second-order valence-electron chi connectivity index (χ2n) is 5.32. The van der Waals surface area contributed by atoms with E-state index in [2.05, 4.69) is 58.9 Å². The molecule has 22 heavy (non-hydrogen) atoms. The molecule has 120 valence electrons. The van der Waals surface area contributed by atoms with Crippen molar-refractivity contribution in [3.8, 4) is 0 Å². The first-order chi connectivity index (χ1) is 10.6. The third-order valence-corrected chi connectivity index (χ3v) is 5.38. The molecule has 0 amide bonds. The van der Waals surface area contributed by atoms with Crippen LogP contribution in [0.15, 0.2) is 22.5 Å². The number of nitrogens with zero attached hydrogens (tertiary/aromatic N) is 2. The van der Waals surface area contributed by atoms with Crippen LogP contribution in [0, 0.1) is 0 Å². The highest BCUT2D eigenvalue weighted by Gasteiger charge is 2.06. The third kappa shape index (κ3) is 4.81. The summed E-state index contributed by atoms with van der Waals surface area (Å²) in [6.45, 7) is 8.03. The zero-order valence-electron chi connectivity index (χ0n) is 13.6. The first kappa shape index (κ1) is 17.0. The van der Waals surface area contributed by atoms with Crippen molar-refractivity contribution in [3.05, 3.63) is 38.0 Å². The van der Waals surface area contributed by atoms with Gasteiger partial charge in [-0.05, 0) is 24.5 Å². The molecular weight excluding hydrogens is 312 g/mol. The van der Waals surface area contributed by atoms with E-state index in [4.69, 9.17) is 0 Å². The second-order valence-corrected chi connectivity index (χ2v) is 7.52. The van der Waals surface area contributed by atoms with Crippen LogP contribution >= 0.6 is 22.7 Å². The van der Waals surface area contributed by atoms with Gasteiger partial charge in [-0.3, -0.25) is 4.99 Å². The Morgan fingerprint density at radius 2 is 1.95 bits per heavy atom. The van der Waals surface area contributed by atoms with E-state index in [1.807, 2.05) is 11.3 Å². The van der Waals surface area contributed by atoms with Gasteiger partial charge in [0.1, 0.15) is 5.01 Å². The van der Waals surface area contributed by atoms with Crippen molar-refractivity contribution in [2.45, 2.75) is 46.2 Å². The van der Waals surface area contributed by atoms with E-state index in [1.165, 1.54) is 9.75 Å². The maximum absolute atomic E-state index is 4.62. The van der Waals surface area contributed by atoms with E-state index in [0.717, 1.165) is 29.6 Å². The van der Waals surface area contributed by atoms with Crippen LogP contribution in [0.4, 0.5) is 0 Å². The molecular formula is C16H24N4S2. The van der Waals surface area contributed by atoms with Gasteiger partial charge in [0.2, 0.25) is 0 Å². The minimum atomic E-state index is 0.481. The Morgan fingerprint density at radius 3 is 2.55 bits per heavy atom. The molecule has 0 saturated heterocycles. The van der Waals surface area contributed by atoms with E-state index in [0.29, 0.717) is 12.5 Å². The average molecular weight is 337 g/mol. The predicted octanol–water partition coefficient (Wildman–Crippen LogP) is 3.76. The molecule has 2 aromatic heterocycles. The van der Waals surface area contributed by atoms with Crippen molar-refractivity contribution in [3.63, 3.8) is 0 Å². The summed E-state index contributed by atoms with van der Waals surface area (Å²) in [5.41, 5.74) is 1.16. The van der Waals surface area contributed by atoms with Crippen molar-refractivity contribution in [1.29, 1.82) is 0 Å². The molecule has 0 unspecified atom stereocenters. The van der Waals surface area contributed by atoms with Gasteiger partial charge in [0.15, 0.2) is 5.96 Å². The number of thiazole rings is 1. The van der Waals surface area contributed by atoms with Crippen molar-refractivity contribution in [2.24, 2.45) is 4.99 Å². The van der Waals surface area contributed by atoms with Crippen LogP contribution in [-0.2, 0) is 19.5 Å². The lowest BCUT2D eigenvalue weighted by molar-refractivity contribution is 0.788. The van der Waals surface area contributed by atoms with Crippen molar-refractivity contribution < 1.29 is 0 Å². The van der Waals surface area contributed by atoms with Crippen LogP contribution in [0.1, 0.15) is 47.1 Å². The molecule has 0 fully saturated rings. The van der Waals surface area contributed by atoms with Crippen LogP contribution in [0.5, 0.6) is 0 Å². The number of guanidine groups is 1. The highest BCUT2D eigenvalue weighted by molar-refractivity contribution is 7.12. The molecule has 0 radical (unpaired) electrons. The average Bonchev–Trinajstić information content (AvgIpc) is 3.16. The Morgan fingerprint density at radius 1 is 1.23 bits per heavy atom. The zero-order chi connectivity index (χ0) is 15.9. The fourth-order valence-corrected chi connectivity index (χ4v) is 3.72. The Balaban J connectivity index is 1.81. The predicted molar refractivity (Wildman–Crippen MR) is 96.9 cm³/mol. The van der Waals surface area contributed by atoms with Crippen LogP contribution in [0.2, 0.25) is 0 Å². The van der Waals surface area contributed by atoms with Gasteiger partial charge in [-0.1, -0.05) is 20.8 Å². The minimum absolute atomic E-state index is 0.481. The number of aryl methyl sites for hydroxylation is 1. The molecule has 2 rings (SSSR count). The molecule has 2 heterocycles. The molecule has 0 aliphatic heterocycles. The van der Waals surface area contributed by atoms with E-state index in [-0.39, 0.29) is 0 Å². The molecule has 0 atom stereocenters. The molecule has 0 bridgehead atoms. The summed E-state index contributed by atoms with van der Waals surface area (Å²) < 4.78 is 0. The van der Waals surface area contributed by atoms with Gasteiger partial charge < -0.3 is 10.6 Å². The topological polar surface area (TPSA) is 49.3 Å². The molecule has 2 N–H and O–H groups in total.